The SMILES string of the molecule is CC.CCCCCOc1ccc(F)cc1C. The van der Waals surface area contributed by atoms with Crippen LogP contribution in [0.5, 0.6) is 5.75 Å². The van der Waals surface area contributed by atoms with E-state index in [1.165, 1.54) is 25.0 Å². The van der Waals surface area contributed by atoms with Gasteiger partial charge in [-0.3, -0.25) is 0 Å². The molecular weight excluding hydrogens is 203 g/mol. The standard InChI is InChI=1S/C12H17FO.C2H6/c1-3-4-5-8-14-12-7-6-11(13)9-10(12)2;1-2/h6-7,9H,3-5,8H2,1-2H3;1-2H3. The van der Waals surface area contributed by atoms with Crippen molar-refractivity contribution in [3.8, 4) is 5.75 Å². The van der Waals surface area contributed by atoms with Gasteiger partial charge in [-0.2, -0.15) is 0 Å². The van der Waals surface area contributed by atoms with Crippen molar-refractivity contribution in [3.63, 3.8) is 0 Å². The maximum absolute atomic E-state index is 12.7. The topological polar surface area (TPSA) is 9.23 Å². The summed E-state index contributed by atoms with van der Waals surface area (Å²) in [4.78, 5) is 0. The van der Waals surface area contributed by atoms with Gasteiger partial charge in [-0.15, -0.1) is 0 Å². The van der Waals surface area contributed by atoms with Gasteiger partial charge in [-0.25, -0.2) is 4.39 Å². The third-order valence-electron chi connectivity index (χ3n) is 2.14. The molecule has 0 radical (unpaired) electrons. The molecule has 0 amide bonds. The van der Waals surface area contributed by atoms with E-state index in [9.17, 15) is 4.39 Å². The van der Waals surface area contributed by atoms with Crippen LogP contribution in [0, 0.1) is 12.7 Å². The second-order valence-corrected chi connectivity index (χ2v) is 3.47. The van der Waals surface area contributed by atoms with Crippen molar-refractivity contribution in [2.75, 3.05) is 6.61 Å². The first kappa shape index (κ1) is 14.9. The van der Waals surface area contributed by atoms with Crippen LogP contribution in [0.15, 0.2) is 18.2 Å². The zero-order chi connectivity index (χ0) is 12.4. The minimum atomic E-state index is -0.205. The molecule has 0 fully saturated rings. The molecule has 0 aliphatic carbocycles. The Morgan fingerprint density at radius 2 is 1.88 bits per heavy atom. The Hall–Kier alpha value is -1.05. The summed E-state index contributed by atoms with van der Waals surface area (Å²) in [6.45, 7) is 8.74. The zero-order valence-corrected chi connectivity index (χ0v) is 10.8. The lowest BCUT2D eigenvalue weighted by atomic mass is 10.2. The van der Waals surface area contributed by atoms with Crippen molar-refractivity contribution in [2.45, 2.75) is 47.0 Å². The first-order chi connectivity index (χ1) is 7.74. The summed E-state index contributed by atoms with van der Waals surface area (Å²) in [7, 11) is 0. The molecule has 0 atom stereocenters. The van der Waals surface area contributed by atoms with Crippen molar-refractivity contribution < 1.29 is 9.13 Å². The molecule has 0 saturated carbocycles. The molecule has 1 nitrogen and oxygen atoms in total. The zero-order valence-electron chi connectivity index (χ0n) is 10.8. The molecular formula is C14H23FO. The average Bonchev–Trinajstić information content (AvgIpc) is 2.29. The summed E-state index contributed by atoms with van der Waals surface area (Å²) in [5, 5.41) is 0. The van der Waals surface area contributed by atoms with Crippen LogP contribution < -0.4 is 4.74 Å². The van der Waals surface area contributed by atoms with Gasteiger partial charge in [-0.05, 0) is 37.1 Å². The van der Waals surface area contributed by atoms with Crippen molar-refractivity contribution in [3.05, 3.63) is 29.6 Å². The van der Waals surface area contributed by atoms with E-state index in [1.54, 1.807) is 6.07 Å². The first-order valence-corrected chi connectivity index (χ1v) is 6.13. The number of halogens is 1. The van der Waals surface area contributed by atoms with E-state index in [0.29, 0.717) is 0 Å². The molecule has 0 spiro atoms. The molecule has 0 aromatic heterocycles. The van der Waals surface area contributed by atoms with Crippen LogP contribution in [-0.2, 0) is 0 Å². The highest BCUT2D eigenvalue weighted by atomic mass is 19.1. The van der Waals surface area contributed by atoms with Gasteiger partial charge in [0.1, 0.15) is 11.6 Å². The summed E-state index contributed by atoms with van der Waals surface area (Å²) in [5.41, 5.74) is 0.862. The van der Waals surface area contributed by atoms with Crippen LogP contribution in [0.2, 0.25) is 0 Å². The lowest BCUT2D eigenvalue weighted by molar-refractivity contribution is 0.304. The third-order valence-corrected chi connectivity index (χ3v) is 2.14. The van der Waals surface area contributed by atoms with Gasteiger partial charge in [0.2, 0.25) is 0 Å². The maximum atomic E-state index is 12.7. The normalized spacial score (nSPS) is 9.31. The Morgan fingerprint density at radius 3 is 2.44 bits per heavy atom. The van der Waals surface area contributed by atoms with Crippen molar-refractivity contribution >= 4 is 0 Å². The van der Waals surface area contributed by atoms with Crippen LogP contribution in [0.3, 0.4) is 0 Å². The van der Waals surface area contributed by atoms with E-state index in [0.717, 1.165) is 24.3 Å². The lowest BCUT2D eigenvalue weighted by Crippen LogP contribution is -1.98. The quantitative estimate of drug-likeness (QED) is 0.659. The smallest absolute Gasteiger partial charge is 0.123 e. The molecule has 0 N–H and O–H groups in total. The van der Waals surface area contributed by atoms with Gasteiger partial charge < -0.3 is 4.74 Å². The highest BCUT2D eigenvalue weighted by molar-refractivity contribution is 5.32. The number of hydrogen-bond donors (Lipinski definition) is 0. The molecule has 1 rings (SSSR count). The van der Waals surface area contributed by atoms with Gasteiger partial charge >= 0.3 is 0 Å². The Kier molecular flexibility index (Phi) is 8.59. The van der Waals surface area contributed by atoms with Crippen molar-refractivity contribution in [2.24, 2.45) is 0 Å². The fourth-order valence-electron chi connectivity index (χ4n) is 1.31. The molecule has 0 saturated heterocycles. The van der Waals surface area contributed by atoms with Gasteiger partial charge in [0.05, 0.1) is 6.61 Å². The van der Waals surface area contributed by atoms with Gasteiger partial charge in [-0.1, -0.05) is 33.6 Å². The van der Waals surface area contributed by atoms with Gasteiger partial charge in [0.15, 0.2) is 0 Å². The number of hydrogen-bond acceptors (Lipinski definition) is 1. The van der Waals surface area contributed by atoms with E-state index in [1.807, 2.05) is 20.8 Å². The van der Waals surface area contributed by atoms with Crippen LogP contribution in [0.25, 0.3) is 0 Å². The minimum Gasteiger partial charge on any atom is -0.493 e. The third kappa shape index (κ3) is 5.74. The van der Waals surface area contributed by atoms with E-state index in [4.69, 9.17) is 4.74 Å². The lowest BCUT2D eigenvalue weighted by Gasteiger charge is -2.08. The predicted molar refractivity (Wildman–Crippen MR) is 67.5 cm³/mol. The monoisotopic (exact) mass is 226 g/mol. The number of unbranched alkanes of at least 4 members (excludes halogenated alkanes) is 2. The first-order valence-electron chi connectivity index (χ1n) is 6.13. The second-order valence-electron chi connectivity index (χ2n) is 3.47. The molecule has 0 unspecified atom stereocenters. The minimum absolute atomic E-state index is 0.205. The fourth-order valence-corrected chi connectivity index (χ4v) is 1.31. The number of aryl methyl sites for hydroxylation is 1. The van der Waals surface area contributed by atoms with Crippen LogP contribution >= 0.6 is 0 Å². The fraction of sp³-hybridized carbons (Fsp3) is 0.571. The molecule has 92 valence electrons. The Labute approximate surface area is 98.6 Å². The maximum Gasteiger partial charge on any atom is 0.123 e. The van der Waals surface area contributed by atoms with E-state index >= 15 is 0 Å². The van der Waals surface area contributed by atoms with E-state index in [2.05, 4.69) is 6.92 Å². The largest absolute Gasteiger partial charge is 0.493 e. The Bertz CT molecular complexity index is 284. The molecule has 1 aromatic carbocycles. The van der Waals surface area contributed by atoms with E-state index in [-0.39, 0.29) is 5.82 Å². The number of rotatable bonds is 5. The van der Waals surface area contributed by atoms with Crippen LogP contribution in [-0.4, -0.2) is 6.61 Å². The molecule has 0 aliphatic heterocycles. The molecule has 0 aliphatic rings. The average molecular weight is 226 g/mol. The molecule has 1 aromatic rings. The Morgan fingerprint density at radius 1 is 1.19 bits per heavy atom. The molecule has 0 bridgehead atoms. The van der Waals surface area contributed by atoms with Gasteiger partial charge in [0, 0.05) is 0 Å². The summed E-state index contributed by atoms with van der Waals surface area (Å²) < 4.78 is 18.3. The van der Waals surface area contributed by atoms with Crippen LogP contribution in [0.1, 0.15) is 45.6 Å². The molecule has 2 heteroatoms. The Balaban J connectivity index is 0.00000106. The molecule has 16 heavy (non-hydrogen) atoms. The highest BCUT2D eigenvalue weighted by Gasteiger charge is 2.00. The summed E-state index contributed by atoms with van der Waals surface area (Å²) in [6, 6.07) is 4.62. The highest BCUT2D eigenvalue weighted by Crippen LogP contribution is 2.18. The molecule has 0 heterocycles. The summed E-state index contributed by atoms with van der Waals surface area (Å²) in [5.74, 6) is 0.589. The summed E-state index contributed by atoms with van der Waals surface area (Å²) in [6.07, 6.45) is 3.43. The van der Waals surface area contributed by atoms with E-state index < -0.39 is 0 Å². The van der Waals surface area contributed by atoms with Crippen molar-refractivity contribution in [1.29, 1.82) is 0 Å². The van der Waals surface area contributed by atoms with Gasteiger partial charge in [0.25, 0.3) is 0 Å². The summed E-state index contributed by atoms with van der Waals surface area (Å²) >= 11 is 0. The predicted octanol–water partition coefficient (Wildman–Crippen LogP) is 4.73. The second kappa shape index (κ2) is 9.20. The van der Waals surface area contributed by atoms with Crippen molar-refractivity contribution in [1.82, 2.24) is 0 Å². The number of benzene rings is 1. The van der Waals surface area contributed by atoms with Crippen LogP contribution in [0.4, 0.5) is 4.39 Å². The number of ether oxygens (including phenoxy) is 1.